The lowest BCUT2D eigenvalue weighted by atomic mass is 10.2. The lowest BCUT2D eigenvalue weighted by Crippen LogP contribution is -2.28. The number of rotatable bonds is 4. The Labute approximate surface area is 91.4 Å². The highest BCUT2D eigenvalue weighted by atomic mass is 79.9. The maximum Gasteiger partial charge on any atom is 0.246 e. The Hall–Kier alpha value is -0.870. The number of benzene rings is 1. The van der Waals surface area contributed by atoms with E-state index in [1.807, 2.05) is 24.3 Å². The number of hydrogen-bond donors (Lipinski definition) is 1. The van der Waals surface area contributed by atoms with Gasteiger partial charge < -0.3 is 10.5 Å². The Morgan fingerprint density at radius 1 is 1.64 bits per heavy atom. The minimum absolute atomic E-state index is 0.392. The molecule has 0 saturated heterocycles. The summed E-state index contributed by atoms with van der Waals surface area (Å²) in [4.78, 5) is 10.7. The first-order valence-electron chi connectivity index (χ1n) is 4.25. The second kappa shape index (κ2) is 5.12. The average molecular weight is 258 g/mol. The number of ether oxygens (including phenoxy) is 1. The molecule has 0 heterocycles. The zero-order valence-corrected chi connectivity index (χ0v) is 9.45. The van der Waals surface area contributed by atoms with Gasteiger partial charge in [0, 0.05) is 4.47 Å². The summed E-state index contributed by atoms with van der Waals surface area (Å²) in [5.74, 6) is -0.444. The summed E-state index contributed by atoms with van der Waals surface area (Å²) in [7, 11) is 0. The lowest BCUT2D eigenvalue weighted by Gasteiger charge is -2.09. The monoisotopic (exact) mass is 257 g/mol. The van der Waals surface area contributed by atoms with Gasteiger partial charge in [0.15, 0.2) is 0 Å². The Morgan fingerprint density at radius 3 is 2.93 bits per heavy atom. The van der Waals surface area contributed by atoms with Crippen LogP contribution in [0.1, 0.15) is 12.5 Å². The van der Waals surface area contributed by atoms with E-state index in [2.05, 4.69) is 15.9 Å². The van der Waals surface area contributed by atoms with Crippen LogP contribution >= 0.6 is 15.9 Å². The molecule has 2 N–H and O–H groups in total. The van der Waals surface area contributed by atoms with E-state index in [4.69, 9.17) is 10.5 Å². The topological polar surface area (TPSA) is 52.3 Å². The number of amides is 1. The van der Waals surface area contributed by atoms with Crippen LogP contribution in [0.3, 0.4) is 0 Å². The summed E-state index contributed by atoms with van der Waals surface area (Å²) < 4.78 is 6.24. The van der Waals surface area contributed by atoms with Crippen LogP contribution in [0.5, 0.6) is 0 Å². The second-order valence-corrected chi connectivity index (χ2v) is 3.90. The summed E-state index contributed by atoms with van der Waals surface area (Å²) in [6.07, 6.45) is -0.547. The molecule has 0 saturated carbocycles. The van der Waals surface area contributed by atoms with E-state index in [1.54, 1.807) is 6.92 Å². The summed E-state index contributed by atoms with van der Waals surface area (Å²) in [5.41, 5.74) is 6.06. The van der Waals surface area contributed by atoms with Crippen molar-refractivity contribution >= 4 is 21.8 Å². The third-order valence-electron chi connectivity index (χ3n) is 1.79. The predicted molar refractivity (Wildman–Crippen MR) is 57.6 cm³/mol. The van der Waals surface area contributed by atoms with Gasteiger partial charge in [0.1, 0.15) is 6.10 Å². The average Bonchev–Trinajstić information content (AvgIpc) is 2.14. The molecule has 0 aromatic heterocycles. The fourth-order valence-electron chi connectivity index (χ4n) is 0.930. The van der Waals surface area contributed by atoms with Crippen LogP contribution in [0.2, 0.25) is 0 Å². The van der Waals surface area contributed by atoms with Gasteiger partial charge in [-0.05, 0) is 24.6 Å². The molecule has 76 valence electrons. The van der Waals surface area contributed by atoms with Crippen molar-refractivity contribution in [3.05, 3.63) is 34.3 Å². The van der Waals surface area contributed by atoms with Gasteiger partial charge in [0.05, 0.1) is 6.61 Å². The predicted octanol–water partition coefficient (Wildman–Crippen LogP) is 1.84. The molecule has 0 bridgehead atoms. The normalized spacial score (nSPS) is 12.4. The van der Waals surface area contributed by atoms with E-state index >= 15 is 0 Å². The van der Waals surface area contributed by atoms with E-state index < -0.39 is 12.0 Å². The van der Waals surface area contributed by atoms with E-state index in [0.717, 1.165) is 10.0 Å². The molecular formula is C10H12BrNO2. The summed E-state index contributed by atoms with van der Waals surface area (Å²) >= 11 is 3.35. The molecule has 1 aromatic carbocycles. The Balaban J connectivity index is 2.49. The molecular weight excluding hydrogens is 246 g/mol. The van der Waals surface area contributed by atoms with Crippen molar-refractivity contribution in [3.8, 4) is 0 Å². The standard InChI is InChI=1S/C10H12BrNO2/c1-7(10(12)13)14-6-8-3-2-4-9(11)5-8/h2-5,7H,6H2,1H3,(H2,12,13). The van der Waals surface area contributed by atoms with Crippen LogP contribution in [-0.4, -0.2) is 12.0 Å². The van der Waals surface area contributed by atoms with Crippen molar-refractivity contribution in [2.24, 2.45) is 5.73 Å². The zero-order valence-electron chi connectivity index (χ0n) is 7.87. The zero-order chi connectivity index (χ0) is 10.6. The Kier molecular flexibility index (Phi) is 4.10. The van der Waals surface area contributed by atoms with E-state index in [1.165, 1.54) is 0 Å². The highest BCUT2D eigenvalue weighted by Crippen LogP contribution is 2.12. The maximum atomic E-state index is 10.7. The highest BCUT2D eigenvalue weighted by Gasteiger charge is 2.08. The molecule has 1 atom stereocenters. The summed E-state index contributed by atoms with van der Waals surface area (Å²) in [5, 5.41) is 0. The number of primary amides is 1. The van der Waals surface area contributed by atoms with Crippen LogP contribution < -0.4 is 5.73 Å². The minimum atomic E-state index is -0.547. The van der Waals surface area contributed by atoms with Gasteiger partial charge in [-0.3, -0.25) is 4.79 Å². The molecule has 0 aliphatic heterocycles. The van der Waals surface area contributed by atoms with Gasteiger partial charge in [-0.15, -0.1) is 0 Å². The largest absolute Gasteiger partial charge is 0.367 e. The van der Waals surface area contributed by atoms with Crippen molar-refractivity contribution in [3.63, 3.8) is 0 Å². The van der Waals surface area contributed by atoms with E-state index in [0.29, 0.717) is 6.61 Å². The second-order valence-electron chi connectivity index (χ2n) is 2.99. The van der Waals surface area contributed by atoms with Crippen molar-refractivity contribution in [2.45, 2.75) is 19.6 Å². The number of carbonyl (C=O) groups excluding carboxylic acids is 1. The quantitative estimate of drug-likeness (QED) is 0.895. The minimum Gasteiger partial charge on any atom is -0.367 e. The molecule has 14 heavy (non-hydrogen) atoms. The molecule has 0 aliphatic rings. The van der Waals surface area contributed by atoms with Crippen molar-refractivity contribution in [1.82, 2.24) is 0 Å². The van der Waals surface area contributed by atoms with Crippen LogP contribution in [-0.2, 0) is 16.1 Å². The van der Waals surface area contributed by atoms with Crippen molar-refractivity contribution in [1.29, 1.82) is 0 Å². The molecule has 0 spiro atoms. The number of halogens is 1. The molecule has 4 heteroatoms. The van der Waals surface area contributed by atoms with Crippen LogP contribution in [0.4, 0.5) is 0 Å². The lowest BCUT2D eigenvalue weighted by molar-refractivity contribution is -0.129. The van der Waals surface area contributed by atoms with E-state index in [-0.39, 0.29) is 0 Å². The van der Waals surface area contributed by atoms with E-state index in [9.17, 15) is 4.79 Å². The molecule has 1 unspecified atom stereocenters. The first-order valence-corrected chi connectivity index (χ1v) is 5.04. The molecule has 1 amide bonds. The molecule has 0 radical (unpaired) electrons. The number of carbonyl (C=O) groups is 1. The third-order valence-corrected chi connectivity index (χ3v) is 2.28. The van der Waals surface area contributed by atoms with Gasteiger partial charge in [-0.2, -0.15) is 0 Å². The molecule has 0 fully saturated rings. The van der Waals surface area contributed by atoms with Gasteiger partial charge in [-0.1, -0.05) is 28.1 Å². The third kappa shape index (κ3) is 3.47. The van der Waals surface area contributed by atoms with Crippen molar-refractivity contribution < 1.29 is 9.53 Å². The fraction of sp³-hybridized carbons (Fsp3) is 0.300. The first-order chi connectivity index (χ1) is 6.59. The SMILES string of the molecule is CC(OCc1cccc(Br)c1)C(N)=O. The molecule has 3 nitrogen and oxygen atoms in total. The number of nitrogens with two attached hydrogens (primary N) is 1. The van der Waals surface area contributed by atoms with Gasteiger partial charge in [0.2, 0.25) is 5.91 Å². The van der Waals surface area contributed by atoms with Crippen LogP contribution in [0, 0.1) is 0 Å². The van der Waals surface area contributed by atoms with Crippen molar-refractivity contribution in [2.75, 3.05) is 0 Å². The molecule has 1 aromatic rings. The summed E-state index contributed by atoms with van der Waals surface area (Å²) in [6.45, 7) is 2.03. The van der Waals surface area contributed by atoms with Crippen LogP contribution in [0.15, 0.2) is 28.7 Å². The smallest absolute Gasteiger partial charge is 0.246 e. The maximum absolute atomic E-state index is 10.7. The highest BCUT2D eigenvalue weighted by molar-refractivity contribution is 9.10. The first kappa shape index (κ1) is 11.2. The van der Waals surface area contributed by atoms with Gasteiger partial charge in [0.25, 0.3) is 0 Å². The molecule has 0 aliphatic carbocycles. The Morgan fingerprint density at radius 2 is 2.36 bits per heavy atom. The van der Waals surface area contributed by atoms with Gasteiger partial charge in [-0.25, -0.2) is 0 Å². The number of hydrogen-bond acceptors (Lipinski definition) is 2. The van der Waals surface area contributed by atoms with Gasteiger partial charge >= 0.3 is 0 Å². The fourth-order valence-corrected chi connectivity index (χ4v) is 1.38. The molecule has 1 rings (SSSR count). The Bertz CT molecular complexity index is 328. The summed E-state index contributed by atoms with van der Waals surface area (Å²) in [6, 6.07) is 7.71. The van der Waals surface area contributed by atoms with Crippen LogP contribution in [0.25, 0.3) is 0 Å².